The van der Waals surface area contributed by atoms with E-state index in [0.29, 0.717) is 5.57 Å². The van der Waals surface area contributed by atoms with Gasteiger partial charge >= 0.3 is 23.9 Å². The zero-order valence-electron chi connectivity index (χ0n) is 23.6. The predicted molar refractivity (Wildman–Crippen MR) is 142 cm³/mol. The van der Waals surface area contributed by atoms with Crippen molar-refractivity contribution in [2.75, 3.05) is 28.4 Å². The van der Waals surface area contributed by atoms with Crippen LogP contribution >= 0.6 is 0 Å². The minimum absolute atomic E-state index is 0.0264. The maximum absolute atomic E-state index is 14.4. The number of carbonyl (C=O) groups excluding carboxylic acids is 6. The Morgan fingerprint density at radius 2 is 1.44 bits per heavy atom. The molecule has 11 nitrogen and oxygen atoms in total. The highest BCUT2D eigenvalue weighted by Gasteiger charge is 2.62. The Kier molecular flexibility index (Phi) is 8.01. The molecule has 0 aromatic heterocycles. The molecule has 1 aromatic rings. The third-order valence-electron chi connectivity index (χ3n) is 8.17. The molecule has 4 rings (SSSR count). The monoisotopic (exact) mass is 565 g/mol. The third kappa shape index (κ3) is 4.64. The van der Waals surface area contributed by atoms with Gasteiger partial charge in [-0.25, -0.2) is 14.4 Å². The number of nitrogens with one attached hydrogen (secondary N) is 1. The van der Waals surface area contributed by atoms with Crippen molar-refractivity contribution >= 4 is 35.6 Å². The Morgan fingerprint density at radius 1 is 0.854 bits per heavy atom. The van der Waals surface area contributed by atoms with Crippen LogP contribution < -0.4 is 5.32 Å². The van der Waals surface area contributed by atoms with E-state index in [-0.39, 0.29) is 34.3 Å². The normalized spacial score (nSPS) is 26.8. The van der Waals surface area contributed by atoms with Gasteiger partial charge in [0, 0.05) is 34.5 Å². The molecule has 1 amide bonds. The van der Waals surface area contributed by atoms with Crippen LogP contribution in [0.3, 0.4) is 0 Å². The average Bonchev–Trinajstić information content (AvgIpc) is 3.09. The lowest BCUT2D eigenvalue weighted by Crippen LogP contribution is -2.57. The Bertz CT molecular complexity index is 1440. The number of hydrogen-bond acceptors (Lipinski definition) is 10. The van der Waals surface area contributed by atoms with E-state index in [9.17, 15) is 28.8 Å². The minimum Gasteiger partial charge on any atom is -0.469 e. The molecule has 0 fully saturated rings. The van der Waals surface area contributed by atoms with Crippen molar-refractivity contribution < 1.29 is 47.7 Å². The van der Waals surface area contributed by atoms with Gasteiger partial charge in [0.1, 0.15) is 5.54 Å². The number of Topliss-reactive ketones (excluding diaryl/α,β-unsaturated/α-hetero) is 1. The molecule has 1 aromatic carbocycles. The lowest BCUT2D eigenvalue weighted by molar-refractivity contribution is -0.146. The van der Waals surface area contributed by atoms with Crippen LogP contribution in [0, 0.1) is 23.7 Å². The summed E-state index contributed by atoms with van der Waals surface area (Å²) >= 11 is 0. The van der Waals surface area contributed by atoms with Crippen LogP contribution in [-0.4, -0.2) is 69.5 Å². The van der Waals surface area contributed by atoms with Gasteiger partial charge in [-0.3, -0.25) is 14.4 Å². The standard InChI is InChI=1S/C30H31NO10/c1-14-19-21-17(22(29(37)41-6)20(14)28(36)40-5)12-16(26(34)38-3)13-18(27(35)39-4)23(21)30(2,24(19)32)31-25(33)15-10-8-7-9-11-15/h7-11,13-14,17-18,23H,12H2,1-6H3,(H,31,33)/t14-,17+,18+,23+,30-/m0/s1. The molecule has 41 heavy (non-hydrogen) atoms. The van der Waals surface area contributed by atoms with E-state index in [1.807, 2.05) is 0 Å². The smallest absolute Gasteiger partial charge is 0.334 e. The molecule has 0 bridgehead atoms. The van der Waals surface area contributed by atoms with Crippen molar-refractivity contribution in [1.29, 1.82) is 0 Å². The van der Waals surface area contributed by atoms with Crippen LogP contribution in [0.15, 0.2) is 64.3 Å². The highest BCUT2D eigenvalue weighted by atomic mass is 16.5. The third-order valence-corrected chi connectivity index (χ3v) is 8.17. The van der Waals surface area contributed by atoms with Crippen molar-refractivity contribution in [1.82, 2.24) is 5.32 Å². The summed E-state index contributed by atoms with van der Waals surface area (Å²) in [5, 5.41) is 2.83. The zero-order chi connectivity index (χ0) is 30.2. The van der Waals surface area contributed by atoms with Crippen LogP contribution in [0.4, 0.5) is 0 Å². The summed E-state index contributed by atoms with van der Waals surface area (Å²) in [5.74, 6) is -8.70. The number of carbonyl (C=O) groups is 6. The molecular weight excluding hydrogens is 534 g/mol. The summed E-state index contributed by atoms with van der Waals surface area (Å²) < 4.78 is 20.1. The van der Waals surface area contributed by atoms with E-state index in [1.54, 1.807) is 37.3 Å². The summed E-state index contributed by atoms with van der Waals surface area (Å²) in [6, 6.07) is 8.21. The van der Waals surface area contributed by atoms with Gasteiger partial charge in [0.15, 0.2) is 5.78 Å². The topological polar surface area (TPSA) is 151 Å². The second kappa shape index (κ2) is 11.1. The summed E-state index contributed by atoms with van der Waals surface area (Å²) in [6.07, 6.45) is 1.16. The number of ether oxygens (including phenoxy) is 4. The van der Waals surface area contributed by atoms with Crippen molar-refractivity contribution in [3.63, 3.8) is 0 Å². The highest BCUT2D eigenvalue weighted by molar-refractivity contribution is 6.14. The molecule has 0 heterocycles. The lowest BCUT2D eigenvalue weighted by Gasteiger charge is -2.37. The first-order valence-electron chi connectivity index (χ1n) is 12.9. The molecule has 3 aliphatic carbocycles. The highest BCUT2D eigenvalue weighted by Crippen LogP contribution is 2.57. The quantitative estimate of drug-likeness (QED) is 0.400. The molecule has 0 radical (unpaired) electrons. The number of methoxy groups -OCH3 is 4. The number of hydrogen-bond donors (Lipinski definition) is 1. The average molecular weight is 566 g/mol. The predicted octanol–water partition coefficient (Wildman–Crippen LogP) is 1.87. The molecule has 216 valence electrons. The van der Waals surface area contributed by atoms with Crippen molar-refractivity contribution in [3.05, 3.63) is 69.8 Å². The first-order valence-corrected chi connectivity index (χ1v) is 12.9. The lowest BCUT2D eigenvalue weighted by atomic mass is 9.68. The van der Waals surface area contributed by atoms with E-state index >= 15 is 0 Å². The molecule has 0 saturated heterocycles. The van der Waals surface area contributed by atoms with Gasteiger partial charge in [-0.05, 0) is 31.1 Å². The zero-order valence-corrected chi connectivity index (χ0v) is 23.6. The van der Waals surface area contributed by atoms with Gasteiger partial charge in [-0.15, -0.1) is 0 Å². The summed E-state index contributed by atoms with van der Waals surface area (Å²) in [6.45, 7) is 3.06. The maximum Gasteiger partial charge on any atom is 0.334 e. The Labute approximate surface area is 236 Å². The van der Waals surface area contributed by atoms with Crippen LogP contribution in [-0.2, 0) is 42.9 Å². The van der Waals surface area contributed by atoms with Gasteiger partial charge in [0.05, 0.1) is 45.5 Å². The van der Waals surface area contributed by atoms with E-state index in [4.69, 9.17) is 18.9 Å². The molecular formula is C30H31NO10. The number of benzene rings is 1. The maximum atomic E-state index is 14.4. The van der Waals surface area contributed by atoms with E-state index < -0.39 is 64.8 Å². The molecule has 11 heteroatoms. The first kappa shape index (κ1) is 29.4. The second-order valence-corrected chi connectivity index (χ2v) is 10.2. The largest absolute Gasteiger partial charge is 0.469 e. The SMILES string of the molecule is COC(=O)C1=C[C@@H](C(=O)OC)[C@@H]2C3=C(C(=O)[C@@]2(C)NC(=O)c2ccccc2)[C@H](C)C(C(=O)OC)=C(C(=O)OC)[C@@H]3C1. The summed E-state index contributed by atoms with van der Waals surface area (Å²) in [5.41, 5.74) is -1.14. The van der Waals surface area contributed by atoms with Crippen LogP contribution in [0.2, 0.25) is 0 Å². The number of rotatable bonds is 6. The Hall–Kier alpha value is -4.54. The number of amides is 1. The Morgan fingerprint density at radius 3 is 2.00 bits per heavy atom. The summed E-state index contributed by atoms with van der Waals surface area (Å²) in [4.78, 5) is 80.4. The van der Waals surface area contributed by atoms with Gasteiger partial charge in [-0.2, -0.15) is 0 Å². The molecule has 0 spiro atoms. The molecule has 1 N–H and O–H groups in total. The second-order valence-electron chi connectivity index (χ2n) is 10.2. The van der Waals surface area contributed by atoms with Gasteiger partial charge in [0.2, 0.25) is 0 Å². The van der Waals surface area contributed by atoms with Gasteiger partial charge in [0.25, 0.3) is 5.91 Å². The van der Waals surface area contributed by atoms with Gasteiger partial charge in [-0.1, -0.05) is 31.2 Å². The fourth-order valence-electron chi connectivity index (χ4n) is 6.38. The number of ketones is 1. The van der Waals surface area contributed by atoms with E-state index in [0.717, 1.165) is 14.2 Å². The molecule has 3 aliphatic rings. The van der Waals surface area contributed by atoms with E-state index in [2.05, 4.69) is 5.32 Å². The molecule has 0 saturated carbocycles. The minimum atomic E-state index is -1.74. The fraction of sp³-hybridized carbons (Fsp3) is 0.400. The Balaban J connectivity index is 2.03. The molecule has 0 aliphatic heterocycles. The summed E-state index contributed by atoms with van der Waals surface area (Å²) in [7, 11) is 4.62. The van der Waals surface area contributed by atoms with Crippen molar-refractivity contribution in [2.45, 2.75) is 25.8 Å². The van der Waals surface area contributed by atoms with Crippen molar-refractivity contribution in [2.24, 2.45) is 23.7 Å². The van der Waals surface area contributed by atoms with Crippen LogP contribution in [0.25, 0.3) is 0 Å². The van der Waals surface area contributed by atoms with Crippen LogP contribution in [0.5, 0.6) is 0 Å². The molecule has 0 unspecified atom stereocenters. The fourth-order valence-corrected chi connectivity index (χ4v) is 6.38. The van der Waals surface area contributed by atoms with Crippen LogP contribution in [0.1, 0.15) is 30.6 Å². The van der Waals surface area contributed by atoms with Crippen molar-refractivity contribution in [3.8, 4) is 0 Å². The number of esters is 4. The molecule has 5 atom stereocenters. The first-order chi connectivity index (χ1) is 19.5. The van der Waals surface area contributed by atoms with Gasteiger partial charge < -0.3 is 24.3 Å². The van der Waals surface area contributed by atoms with E-state index in [1.165, 1.54) is 27.2 Å².